The summed E-state index contributed by atoms with van der Waals surface area (Å²) in [6, 6.07) is 2.74. The van der Waals surface area contributed by atoms with Crippen LogP contribution in [0.3, 0.4) is 0 Å². The molecule has 0 amide bonds. The lowest BCUT2D eigenvalue weighted by molar-refractivity contribution is 0.587. The summed E-state index contributed by atoms with van der Waals surface area (Å²) in [6.45, 7) is 13.7. The zero-order valence-electron chi connectivity index (χ0n) is 11.7. The Kier molecular flexibility index (Phi) is 5.42. The topological polar surface area (TPSA) is 28.2 Å². The molecule has 1 heterocycles. The maximum absolute atomic E-state index is 4.58. The van der Waals surface area contributed by atoms with Crippen molar-refractivity contribution in [2.75, 3.05) is 18.0 Å². The van der Waals surface area contributed by atoms with Crippen LogP contribution in [0.25, 0.3) is 0 Å². The molecule has 0 saturated carbocycles. The van der Waals surface area contributed by atoms with Crippen LogP contribution in [0.15, 0.2) is 12.3 Å². The Labute approximate surface area is 105 Å². The minimum atomic E-state index is 0.512. The first kappa shape index (κ1) is 14.0. The van der Waals surface area contributed by atoms with E-state index in [-0.39, 0.29) is 0 Å². The Morgan fingerprint density at radius 2 is 1.94 bits per heavy atom. The Morgan fingerprint density at radius 3 is 2.41 bits per heavy atom. The molecule has 0 bridgehead atoms. The van der Waals surface area contributed by atoms with Crippen molar-refractivity contribution in [2.45, 2.75) is 47.2 Å². The van der Waals surface area contributed by atoms with Gasteiger partial charge in [0.05, 0.1) is 0 Å². The Balaban J connectivity index is 2.78. The number of hydrogen-bond donors (Lipinski definition) is 1. The second-order valence-corrected chi connectivity index (χ2v) is 4.69. The van der Waals surface area contributed by atoms with Crippen molar-refractivity contribution in [3.05, 3.63) is 23.4 Å². The first-order valence-electron chi connectivity index (χ1n) is 6.52. The monoisotopic (exact) mass is 235 g/mol. The highest BCUT2D eigenvalue weighted by Gasteiger charge is 2.07. The molecule has 0 atom stereocenters. The van der Waals surface area contributed by atoms with Gasteiger partial charge in [-0.3, -0.25) is 0 Å². The molecule has 1 aromatic rings. The predicted octanol–water partition coefficient (Wildman–Crippen LogP) is 2.73. The fourth-order valence-corrected chi connectivity index (χ4v) is 1.90. The van der Waals surface area contributed by atoms with Gasteiger partial charge in [0.1, 0.15) is 5.82 Å². The van der Waals surface area contributed by atoms with Crippen LogP contribution in [0.2, 0.25) is 0 Å². The van der Waals surface area contributed by atoms with E-state index in [0.29, 0.717) is 6.04 Å². The average molecular weight is 235 g/mol. The van der Waals surface area contributed by atoms with E-state index in [0.717, 1.165) is 25.5 Å². The molecule has 0 aliphatic carbocycles. The van der Waals surface area contributed by atoms with E-state index in [4.69, 9.17) is 0 Å². The molecular formula is C14H25N3. The number of pyridine rings is 1. The van der Waals surface area contributed by atoms with Crippen molar-refractivity contribution in [3.8, 4) is 0 Å². The number of nitrogens with zero attached hydrogens (tertiary/aromatic N) is 2. The second-order valence-electron chi connectivity index (χ2n) is 4.69. The standard InChI is InChI=1S/C14H25N3/c1-6-17(7-2)14-12(5)8-13(10-16-14)9-15-11(3)4/h8,10-11,15H,6-7,9H2,1-5H3. The molecular weight excluding hydrogens is 210 g/mol. The third kappa shape index (κ3) is 4.00. The lowest BCUT2D eigenvalue weighted by Crippen LogP contribution is -2.25. The first-order chi connectivity index (χ1) is 8.08. The van der Waals surface area contributed by atoms with Gasteiger partial charge in [0.25, 0.3) is 0 Å². The predicted molar refractivity (Wildman–Crippen MR) is 74.5 cm³/mol. The minimum Gasteiger partial charge on any atom is -0.357 e. The highest BCUT2D eigenvalue weighted by atomic mass is 15.2. The van der Waals surface area contributed by atoms with Crippen LogP contribution in [0, 0.1) is 6.92 Å². The maximum Gasteiger partial charge on any atom is 0.131 e. The molecule has 1 aromatic heterocycles. The van der Waals surface area contributed by atoms with Crippen molar-refractivity contribution in [3.63, 3.8) is 0 Å². The van der Waals surface area contributed by atoms with E-state index in [1.165, 1.54) is 11.1 Å². The van der Waals surface area contributed by atoms with Crippen LogP contribution in [0.1, 0.15) is 38.8 Å². The van der Waals surface area contributed by atoms with Crippen LogP contribution in [0.4, 0.5) is 5.82 Å². The normalized spacial score (nSPS) is 10.9. The van der Waals surface area contributed by atoms with Crippen molar-refractivity contribution in [1.29, 1.82) is 0 Å². The smallest absolute Gasteiger partial charge is 0.131 e. The van der Waals surface area contributed by atoms with E-state index in [1.54, 1.807) is 0 Å². The third-order valence-electron chi connectivity index (χ3n) is 2.88. The molecule has 0 spiro atoms. The van der Waals surface area contributed by atoms with Gasteiger partial charge in [0.15, 0.2) is 0 Å². The second kappa shape index (κ2) is 6.60. The third-order valence-corrected chi connectivity index (χ3v) is 2.88. The van der Waals surface area contributed by atoms with Crippen molar-refractivity contribution in [1.82, 2.24) is 10.3 Å². The summed E-state index contributed by atoms with van der Waals surface area (Å²) in [5, 5.41) is 3.41. The zero-order chi connectivity index (χ0) is 12.8. The number of anilines is 1. The number of aryl methyl sites for hydroxylation is 1. The summed E-state index contributed by atoms with van der Waals surface area (Å²) < 4.78 is 0. The van der Waals surface area contributed by atoms with Gasteiger partial charge in [-0.25, -0.2) is 4.98 Å². The molecule has 0 aromatic carbocycles. The van der Waals surface area contributed by atoms with Crippen LogP contribution in [0.5, 0.6) is 0 Å². The van der Waals surface area contributed by atoms with E-state index in [2.05, 4.69) is 55.9 Å². The van der Waals surface area contributed by atoms with Gasteiger partial charge in [-0.2, -0.15) is 0 Å². The summed E-state index contributed by atoms with van der Waals surface area (Å²) in [7, 11) is 0. The lowest BCUT2D eigenvalue weighted by atomic mass is 10.2. The van der Waals surface area contributed by atoms with E-state index in [9.17, 15) is 0 Å². The molecule has 0 saturated heterocycles. The van der Waals surface area contributed by atoms with Gasteiger partial charge in [-0.05, 0) is 38.0 Å². The van der Waals surface area contributed by atoms with Crippen LogP contribution >= 0.6 is 0 Å². The van der Waals surface area contributed by atoms with Crippen molar-refractivity contribution in [2.24, 2.45) is 0 Å². The number of nitrogens with one attached hydrogen (secondary N) is 1. The van der Waals surface area contributed by atoms with Gasteiger partial charge in [0.2, 0.25) is 0 Å². The molecule has 0 aliphatic heterocycles. The summed E-state index contributed by atoms with van der Waals surface area (Å²) in [6.07, 6.45) is 1.98. The highest BCUT2D eigenvalue weighted by Crippen LogP contribution is 2.17. The summed E-state index contributed by atoms with van der Waals surface area (Å²) in [4.78, 5) is 6.87. The van der Waals surface area contributed by atoms with Crippen molar-refractivity contribution < 1.29 is 0 Å². The Bertz CT molecular complexity index is 343. The molecule has 96 valence electrons. The fraction of sp³-hybridized carbons (Fsp3) is 0.643. The van der Waals surface area contributed by atoms with Gasteiger partial charge < -0.3 is 10.2 Å². The summed E-state index contributed by atoms with van der Waals surface area (Å²) >= 11 is 0. The molecule has 0 unspecified atom stereocenters. The van der Waals surface area contributed by atoms with Gasteiger partial charge >= 0.3 is 0 Å². The maximum atomic E-state index is 4.58. The minimum absolute atomic E-state index is 0.512. The lowest BCUT2D eigenvalue weighted by Gasteiger charge is -2.22. The zero-order valence-corrected chi connectivity index (χ0v) is 11.7. The van der Waals surface area contributed by atoms with E-state index >= 15 is 0 Å². The summed E-state index contributed by atoms with van der Waals surface area (Å²) in [5.41, 5.74) is 2.52. The van der Waals surface area contributed by atoms with Crippen molar-refractivity contribution >= 4 is 5.82 Å². The first-order valence-corrected chi connectivity index (χ1v) is 6.52. The van der Waals surface area contributed by atoms with Gasteiger partial charge in [0, 0.05) is 31.9 Å². The molecule has 0 radical (unpaired) electrons. The molecule has 0 fully saturated rings. The van der Waals surface area contributed by atoms with Crippen LogP contribution in [-0.2, 0) is 6.54 Å². The molecule has 3 heteroatoms. The van der Waals surface area contributed by atoms with Gasteiger partial charge in [-0.1, -0.05) is 13.8 Å². The number of hydrogen-bond acceptors (Lipinski definition) is 3. The number of aromatic nitrogens is 1. The van der Waals surface area contributed by atoms with E-state index in [1.807, 2.05) is 6.20 Å². The molecule has 17 heavy (non-hydrogen) atoms. The Morgan fingerprint density at radius 1 is 1.29 bits per heavy atom. The average Bonchev–Trinajstić information content (AvgIpc) is 2.30. The van der Waals surface area contributed by atoms with Gasteiger partial charge in [-0.15, -0.1) is 0 Å². The van der Waals surface area contributed by atoms with Crippen LogP contribution < -0.4 is 10.2 Å². The number of rotatable bonds is 6. The molecule has 1 N–H and O–H groups in total. The molecule has 1 rings (SSSR count). The fourth-order valence-electron chi connectivity index (χ4n) is 1.90. The largest absolute Gasteiger partial charge is 0.357 e. The Hall–Kier alpha value is -1.09. The van der Waals surface area contributed by atoms with Crippen LogP contribution in [-0.4, -0.2) is 24.1 Å². The SMILES string of the molecule is CCN(CC)c1ncc(CNC(C)C)cc1C. The molecule has 0 aliphatic rings. The quantitative estimate of drug-likeness (QED) is 0.821. The summed E-state index contributed by atoms with van der Waals surface area (Å²) in [5.74, 6) is 1.11. The molecule has 3 nitrogen and oxygen atoms in total. The highest BCUT2D eigenvalue weighted by molar-refractivity contribution is 5.47. The van der Waals surface area contributed by atoms with E-state index < -0.39 is 0 Å².